The van der Waals surface area contributed by atoms with E-state index in [1.807, 2.05) is 0 Å². The number of carbonyl (C=O) groups is 4. The topological polar surface area (TPSA) is 105 Å². The number of halogens is 2. The molecule has 0 radical (unpaired) electrons. The first-order chi connectivity index (χ1) is 15.9. The van der Waals surface area contributed by atoms with Gasteiger partial charge in [-0.05, 0) is 49.7 Å². The first kappa shape index (κ1) is 23.8. The number of nitrogens with zero attached hydrogens (tertiary/aromatic N) is 1. The summed E-state index contributed by atoms with van der Waals surface area (Å²) in [7, 11) is 0. The molecule has 178 valence electrons. The average molecular weight is 496 g/mol. The van der Waals surface area contributed by atoms with E-state index in [9.17, 15) is 19.2 Å². The van der Waals surface area contributed by atoms with Crippen LogP contribution in [-0.4, -0.2) is 60.7 Å². The van der Waals surface area contributed by atoms with Crippen LogP contribution >= 0.6 is 23.2 Å². The molecule has 2 saturated heterocycles. The molecule has 5 atom stereocenters. The summed E-state index contributed by atoms with van der Waals surface area (Å²) < 4.78 is 5.60. The van der Waals surface area contributed by atoms with Gasteiger partial charge in [-0.25, -0.2) is 0 Å². The van der Waals surface area contributed by atoms with E-state index < -0.39 is 12.1 Å². The lowest BCUT2D eigenvalue weighted by atomic mass is 9.92. The third-order valence-corrected chi connectivity index (χ3v) is 7.66. The molecule has 3 amide bonds. The van der Waals surface area contributed by atoms with E-state index in [2.05, 4.69) is 10.6 Å². The molecule has 4 rings (SSSR count). The summed E-state index contributed by atoms with van der Waals surface area (Å²) in [6.07, 6.45) is 4.41. The Morgan fingerprint density at radius 1 is 1.24 bits per heavy atom. The van der Waals surface area contributed by atoms with Crippen molar-refractivity contribution in [3.05, 3.63) is 28.2 Å². The largest absolute Gasteiger partial charge is 0.484 e. The zero-order valence-corrected chi connectivity index (χ0v) is 19.6. The molecule has 3 aliphatic rings. The first-order valence-corrected chi connectivity index (χ1v) is 12.0. The van der Waals surface area contributed by atoms with Crippen molar-refractivity contribution in [1.82, 2.24) is 15.5 Å². The highest BCUT2D eigenvalue weighted by molar-refractivity contribution is 6.42. The van der Waals surface area contributed by atoms with Crippen LogP contribution in [0.3, 0.4) is 0 Å². The lowest BCUT2D eigenvalue weighted by Gasteiger charge is -2.28. The number of nitrogens with one attached hydrogen (secondary N) is 2. The maximum atomic E-state index is 13.2. The molecule has 8 nitrogen and oxygen atoms in total. The summed E-state index contributed by atoms with van der Waals surface area (Å²) in [5.41, 5.74) is 0. The van der Waals surface area contributed by atoms with Gasteiger partial charge >= 0.3 is 0 Å². The van der Waals surface area contributed by atoms with Gasteiger partial charge < -0.3 is 25.1 Å². The number of ether oxygens (including phenoxy) is 1. The minimum atomic E-state index is -0.767. The van der Waals surface area contributed by atoms with Crippen LogP contribution in [-0.2, 0) is 19.2 Å². The monoisotopic (exact) mass is 495 g/mol. The Morgan fingerprint density at radius 2 is 2.06 bits per heavy atom. The molecule has 2 aliphatic heterocycles. The predicted molar refractivity (Wildman–Crippen MR) is 122 cm³/mol. The van der Waals surface area contributed by atoms with Crippen molar-refractivity contribution in [3.8, 4) is 5.75 Å². The minimum Gasteiger partial charge on any atom is -0.484 e. The van der Waals surface area contributed by atoms with Gasteiger partial charge in [0, 0.05) is 25.1 Å². The van der Waals surface area contributed by atoms with Crippen molar-refractivity contribution in [3.63, 3.8) is 0 Å². The van der Waals surface area contributed by atoms with E-state index in [0.717, 1.165) is 19.3 Å². The standard InChI is InChI=1S/C23H27Cl2N3O5/c24-18-5-4-16(9-19(18)25)33-12-20(30)28-10-14-2-1-3-17(14)21(28)23(32)27-15(11-29)8-13-6-7-26-22(13)31/h4-5,9,11,13-15,17,21H,1-3,6-8,10,12H2,(H,26,31)(H,27,32)/t13-,14?,15-,17?,21+/m0/s1. The van der Waals surface area contributed by atoms with Crippen LogP contribution in [0, 0.1) is 17.8 Å². The Hall–Kier alpha value is -2.32. The van der Waals surface area contributed by atoms with Crippen molar-refractivity contribution in [2.24, 2.45) is 17.8 Å². The van der Waals surface area contributed by atoms with E-state index in [-0.39, 0.29) is 48.5 Å². The third kappa shape index (κ3) is 5.27. The maximum Gasteiger partial charge on any atom is 0.261 e. The van der Waals surface area contributed by atoms with Gasteiger partial charge in [-0.15, -0.1) is 0 Å². The molecular weight excluding hydrogens is 469 g/mol. The van der Waals surface area contributed by atoms with Gasteiger partial charge in [-0.3, -0.25) is 14.4 Å². The molecule has 2 N–H and O–H groups in total. The molecule has 1 saturated carbocycles. The number of hydrogen-bond acceptors (Lipinski definition) is 5. The number of fused-ring (bicyclic) bond motifs is 1. The normalized spacial score (nSPS) is 27.1. The van der Waals surface area contributed by atoms with E-state index in [1.165, 1.54) is 6.07 Å². The highest BCUT2D eigenvalue weighted by atomic mass is 35.5. The van der Waals surface area contributed by atoms with E-state index in [4.69, 9.17) is 27.9 Å². The second-order valence-corrected chi connectivity index (χ2v) is 9.79. The number of amides is 3. The molecule has 1 aliphatic carbocycles. The lowest BCUT2D eigenvalue weighted by molar-refractivity contribution is -0.141. The van der Waals surface area contributed by atoms with Gasteiger partial charge in [0.1, 0.15) is 18.1 Å². The number of likely N-dealkylation sites (tertiary alicyclic amines) is 1. The Labute approximate surface area is 202 Å². The summed E-state index contributed by atoms with van der Waals surface area (Å²) in [4.78, 5) is 51.4. The fourth-order valence-corrected chi connectivity index (χ4v) is 5.57. The zero-order valence-electron chi connectivity index (χ0n) is 18.1. The van der Waals surface area contributed by atoms with Crippen LogP contribution < -0.4 is 15.4 Å². The molecule has 2 heterocycles. The van der Waals surface area contributed by atoms with Gasteiger partial charge in [0.2, 0.25) is 11.8 Å². The molecule has 1 aromatic rings. The Bertz CT molecular complexity index is 943. The van der Waals surface area contributed by atoms with Crippen LogP contribution in [0.1, 0.15) is 32.1 Å². The molecule has 0 bridgehead atoms. The number of aldehydes is 1. The van der Waals surface area contributed by atoms with Crippen LogP contribution in [0.2, 0.25) is 10.0 Å². The smallest absolute Gasteiger partial charge is 0.261 e. The van der Waals surface area contributed by atoms with Crippen molar-refractivity contribution in [2.45, 2.75) is 44.2 Å². The SMILES string of the molecule is O=C[C@H](C[C@@H]1CCNC1=O)NC(=O)[C@H]1C2CCCC2CN1C(=O)COc1ccc(Cl)c(Cl)c1. The van der Waals surface area contributed by atoms with Crippen LogP contribution in [0.5, 0.6) is 5.75 Å². The number of hydrogen-bond donors (Lipinski definition) is 2. The number of rotatable bonds is 8. The predicted octanol–water partition coefficient (Wildman–Crippen LogP) is 2.21. The molecule has 0 aromatic heterocycles. The molecular formula is C23H27Cl2N3O5. The zero-order chi connectivity index (χ0) is 23.5. The summed E-state index contributed by atoms with van der Waals surface area (Å²) in [5, 5.41) is 6.24. The second kappa shape index (κ2) is 10.3. The van der Waals surface area contributed by atoms with Gasteiger partial charge in [0.25, 0.3) is 5.91 Å². The van der Waals surface area contributed by atoms with Gasteiger partial charge in [-0.1, -0.05) is 29.6 Å². The van der Waals surface area contributed by atoms with Crippen molar-refractivity contribution in [1.29, 1.82) is 0 Å². The molecule has 0 spiro atoms. The maximum absolute atomic E-state index is 13.2. The highest BCUT2D eigenvalue weighted by Crippen LogP contribution is 2.42. The molecule has 10 heteroatoms. The summed E-state index contributed by atoms with van der Waals surface area (Å²) in [5.74, 6) is -0.305. The fourth-order valence-electron chi connectivity index (χ4n) is 5.29. The van der Waals surface area contributed by atoms with E-state index in [1.54, 1.807) is 17.0 Å². The van der Waals surface area contributed by atoms with Crippen LogP contribution in [0.25, 0.3) is 0 Å². The molecule has 1 aromatic carbocycles. The van der Waals surface area contributed by atoms with Crippen LogP contribution in [0.15, 0.2) is 18.2 Å². The minimum absolute atomic E-state index is 0.0565. The molecule has 33 heavy (non-hydrogen) atoms. The highest BCUT2D eigenvalue weighted by Gasteiger charge is 2.49. The lowest BCUT2D eigenvalue weighted by Crippen LogP contribution is -2.52. The Morgan fingerprint density at radius 3 is 2.76 bits per heavy atom. The van der Waals surface area contributed by atoms with Crippen molar-refractivity contribution < 1.29 is 23.9 Å². The third-order valence-electron chi connectivity index (χ3n) is 6.93. The van der Waals surface area contributed by atoms with Crippen molar-refractivity contribution >= 4 is 47.2 Å². The Kier molecular flexibility index (Phi) is 7.44. The number of benzene rings is 1. The van der Waals surface area contributed by atoms with E-state index in [0.29, 0.717) is 41.6 Å². The van der Waals surface area contributed by atoms with Crippen molar-refractivity contribution in [2.75, 3.05) is 19.7 Å². The average Bonchev–Trinajstić information content (AvgIpc) is 3.50. The van der Waals surface area contributed by atoms with Gasteiger partial charge in [-0.2, -0.15) is 0 Å². The van der Waals surface area contributed by atoms with Gasteiger partial charge in [0.15, 0.2) is 6.61 Å². The summed E-state index contributed by atoms with van der Waals surface area (Å²) in [6.45, 7) is 0.833. The molecule has 2 unspecified atom stereocenters. The van der Waals surface area contributed by atoms with Crippen LogP contribution in [0.4, 0.5) is 0 Å². The summed E-state index contributed by atoms with van der Waals surface area (Å²) in [6, 6.07) is 3.33. The molecule has 3 fully saturated rings. The van der Waals surface area contributed by atoms with E-state index >= 15 is 0 Å². The summed E-state index contributed by atoms with van der Waals surface area (Å²) >= 11 is 11.9. The quantitative estimate of drug-likeness (QED) is 0.537. The number of carbonyl (C=O) groups excluding carboxylic acids is 4. The first-order valence-electron chi connectivity index (χ1n) is 11.3. The fraction of sp³-hybridized carbons (Fsp3) is 0.565. The Balaban J connectivity index is 1.41. The second-order valence-electron chi connectivity index (χ2n) is 8.97. The van der Waals surface area contributed by atoms with Gasteiger partial charge in [0.05, 0.1) is 16.1 Å².